The molecule has 2 N–H and O–H groups in total. The van der Waals surface area contributed by atoms with Crippen molar-refractivity contribution in [3.05, 3.63) is 11.9 Å². The number of ketones is 1. The fraction of sp³-hybridized carbons (Fsp3) is 0.600. The van der Waals surface area contributed by atoms with E-state index < -0.39 is 18.1 Å². The van der Waals surface area contributed by atoms with Gasteiger partial charge < -0.3 is 15.1 Å². The molecule has 0 amide bonds. The van der Waals surface area contributed by atoms with Crippen molar-refractivity contribution >= 4 is 34.8 Å². The number of nitrogens with one attached hydrogen (secondary N) is 1. The third-order valence-electron chi connectivity index (χ3n) is 3.82. The third-order valence-corrected chi connectivity index (χ3v) is 3.82. The standard InChI is InChI=1S/C10H18B3N5O3/c1-5(19)9(14-13-11)7-4-18(16-15-7)6-2-8(10(20)21)17(12)3-6/h4,6,8-9,13-14H,2-3,11-12H2,1H3,(H,20,21). The van der Waals surface area contributed by atoms with Crippen molar-refractivity contribution in [1.82, 2.24) is 25.0 Å². The van der Waals surface area contributed by atoms with E-state index in [0.717, 1.165) is 0 Å². The van der Waals surface area contributed by atoms with Gasteiger partial charge in [-0.05, 0) is 13.3 Å². The topological polar surface area (TPSA) is 100 Å². The quantitative estimate of drug-likeness (QED) is 0.528. The summed E-state index contributed by atoms with van der Waals surface area (Å²) in [5.41, 5.74) is 0.575. The number of hydrogen-bond donors (Lipinski definition) is 2. The van der Waals surface area contributed by atoms with E-state index >= 15 is 0 Å². The van der Waals surface area contributed by atoms with Crippen molar-refractivity contribution in [2.45, 2.75) is 31.5 Å². The molecule has 1 saturated heterocycles. The average Bonchev–Trinajstić information content (AvgIpc) is 3.01. The van der Waals surface area contributed by atoms with Crippen LogP contribution in [0.4, 0.5) is 0 Å². The molecule has 1 aromatic heterocycles. The Morgan fingerprint density at radius 2 is 2.33 bits per heavy atom. The molecule has 2 heterocycles. The largest absolute Gasteiger partial charge is 0.480 e. The maximum absolute atomic E-state index is 11.6. The zero-order valence-electron chi connectivity index (χ0n) is 12.5. The number of carbonyl (C=O) groups excluding carboxylic acids is 1. The molecule has 110 valence electrons. The van der Waals surface area contributed by atoms with Gasteiger partial charge in [0.15, 0.2) is 21.1 Å². The zero-order valence-corrected chi connectivity index (χ0v) is 12.5. The van der Waals surface area contributed by atoms with Crippen LogP contribution in [-0.4, -0.2) is 72.3 Å². The van der Waals surface area contributed by atoms with Crippen molar-refractivity contribution in [2.24, 2.45) is 0 Å². The highest BCUT2D eigenvalue weighted by molar-refractivity contribution is 6.87. The summed E-state index contributed by atoms with van der Waals surface area (Å²) in [6, 6.07) is -0.996. The van der Waals surface area contributed by atoms with Gasteiger partial charge in [0.1, 0.15) is 17.8 Å². The van der Waals surface area contributed by atoms with E-state index in [1.54, 1.807) is 23.7 Å². The number of nitrogens with zero attached hydrogens (tertiary/aromatic N) is 4. The molecule has 11 heteroatoms. The van der Waals surface area contributed by atoms with E-state index in [-0.39, 0.29) is 11.8 Å². The van der Waals surface area contributed by atoms with Crippen molar-refractivity contribution in [1.29, 1.82) is 0 Å². The van der Waals surface area contributed by atoms with Crippen LogP contribution < -0.4 is 5.23 Å². The van der Waals surface area contributed by atoms with Crippen molar-refractivity contribution in [3.63, 3.8) is 0 Å². The molecule has 8 nitrogen and oxygen atoms in total. The number of aromatic nitrogens is 3. The Morgan fingerprint density at radius 3 is 2.86 bits per heavy atom. The van der Waals surface area contributed by atoms with Gasteiger partial charge in [0.25, 0.3) is 0 Å². The highest BCUT2D eigenvalue weighted by atomic mass is 16.4. The lowest BCUT2D eigenvalue weighted by atomic mass is 9.66. The number of carboxylic acids is 1. The molecule has 0 bridgehead atoms. The van der Waals surface area contributed by atoms with Crippen LogP contribution >= 0.6 is 0 Å². The minimum Gasteiger partial charge on any atom is -0.480 e. The van der Waals surface area contributed by atoms with E-state index in [9.17, 15) is 9.59 Å². The van der Waals surface area contributed by atoms with Crippen LogP contribution in [0.15, 0.2) is 6.20 Å². The summed E-state index contributed by atoms with van der Waals surface area (Å²) in [4.78, 5) is 24.6. The van der Waals surface area contributed by atoms with Crippen molar-refractivity contribution < 1.29 is 14.7 Å². The summed E-state index contributed by atoms with van der Waals surface area (Å²) in [7, 11) is 4.36. The molecule has 21 heavy (non-hydrogen) atoms. The second kappa shape index (κ2) is 6.44. The van der Waals surface area contributed by atoms with Gasteiger partial charge in [-0.3, -0.25) is 9.59 Å². The molecule has 1 aliphatic heterocycles. The number of Topliss-reactive ketones (excluding diaryl/α,β-unsaturated/α-hetero) is 1. The molecule has 1 aromatic rings. The summed E-state index contributed by atoms with van der Waals surface area (Å²) in [5.74, 6) is -0.842. The number of aliphatic carboxylic acids is 1. The normalized spacial score (nSPS) is 23.9. The highest BCUT2D eigenvalue weighted by Crippen LogP contribution is 2.25. The second-order valence-electron chi connectivity index (χ2n) is 5.41. The van der Waals surface area contributed by atoms with Crippen LogP contribution in [0.25, 0.3) is 0 Å². The van der Waals surface area contributed by atoms with E-state index in [1.807, 2.05) is 7.74 Å². The Balaban J connectivity index is 2.13. The molecule has 3 atom stereocenters. The molecular weight excluding hydrogens is 271 g/mol. The van der Waals surface area contributed by atoms with Gasteiger partial charge in [0.2, 0.25) is 0 Å². The lowest BCUT2D eigenvalue weighted by Gasteiger charge is -2.13. The fourth-order valence-electron chi connectivity index (χ4n) is 2.71. The van der Waals surface area contributed by atoms with Crippen LogP contribution in [0.2, 0.25) is 0 Å². The van der Waals surface area contributed by atoms with E-state index in [0.29, 0.717) is 26.0 Å². The highest BCUT2D eigenvalue weighted by Gasteiger charge is 2.35. The molecule has 1 aliphatic rings. The van der Waals surface area contributed by atoms with Crippen LogP contribution in [0.5, 0.6) is 0 Å². The van der Waals surface area contributed by atoms with E-state index in [4.69, 9.17) is 5.11 Å². The van der Waals surface area contributed by atoms with Gasteiger partial charge in [-0.1, -0.05) is 5.21 Å². The summed E-state index contributed by atoms with van der Waals surface area (Å²) >= 11 is 0. The lowest BCUT2D eigenvalue weighted by molar-refractivity contribution is -0.140. The van der Waals surface area contributed by atoms with Gasteiger partial charge >= 0.3 is 5.97 Å². The lowest BCUT2D eigenvalue weighted by Crippen LogP contribution is -2.33. The van der Waals surface area contributed by atoms with Gasteiger partial charge in [0.05, 0.1) is 20.0 Å². The Bertz CT molecular complexity index is 540. The Kier molecular flexibility index (Phi) is 4.84. The van der Waals surface area contributed by atoms with Crippen molar-refractivity contribution in [2.75, 3.05) is 6.54 Å². The number of carbonyl (C=O) groups is 2. The second-order valence-corrected chi connectivity index (χ2v) is 5.41. The summed E-state index contributed by atoms with van der Waals surface area (Å²) in [5, 5.41) is 20.3. The van der Waals surface area contributed by atoms with Crippen LogP contribution in [0.3, 0.4) is 0 Å². The molecule has 0 saturated carbocycles. The first-order valence-electron chi connectivity index (χ1n) is 7.02. The molecule has 0 spiro atoms. The molecule has 0 aliphatic carbocycles. The maximum atomic E-state index is 11.6. The Hall–Kier alpha value is -1.61. The van der Waals surface area contributed by atoms with Gasteiger partial charge in [-0.25, -0.2) is 4.68 Å². The van der Waals surface area contributed by atoms with Crippen molar-refractivity contribution in [3.8, 4) is 0 Å². The number of rotatable bonds is 6. The fourth-order valence-corrected chi connectivity index (χ4v) is 2.71. The first kappa shape index (κ1) is 15.8. The first-order chi connectivity index (χ1) is 9.93. The summed E-state index contributed by atoms with van der Waals surface area (Å²) < 4.78 is 1.67. The predicted octanol–water partition coefficient (Wildman–Crippen LogP) is -3.35. The predicted molar refractivity (Wildman–Crippen MR) is 82.6 cm³/mol. The molecule has 0 aromatic carbocycles. The Morgan fingerprint density at radius 1 is 1.62 bits per heavy atom. The molecule has 1 fully saturated rings. The molecule has 2 rings (SSSR count). The van der Waals surface area contributed by atoms with Gasteiger partial charge in [-0.15, -0.1) is 5.10 Å². The summed E-state index contributed by atoms with van der Waals surface area (Å²) in [6.45, 7) is 2.11. The first-order valence-corrected chi connectivity index (χ1v) is 7.02. The van der Waals surface area contributed by atoms with Gasteiger partial charge in [0, 0.05) is 6.54 Å². The summed E-state index contributed by atoms with van der Waals surface area (Å²) in [6.07, 6.45) is 2.22. The monoisotopic (exact) mass is 289 g/mol. The number of carboxylic acid groups (broad SMARTS) is 1. The number of hydrogen-bond acceptors (Lipinski definition) is 6. The molecule has 3 unspecified atom stereocenters. The zero-order chi connectivity index (χ0) is 15.6. The maximum Gasteiger partial charge on any atom is 0.319 e. The Labute approximate surface area is 125 Å². The van der Waals surface area contributed by atoms with Crippen LogP contribution in [0.1, 0.15) is 31.1 Å². The molecule has 0 radical (unpaired) electrons. The van der Waals surface area contributed by atoms with Gasteiger partial charge in [-0.2, -0.15) is 0 Å². The van der Waals surface area contributed by atoms with E-state index in [2.05, 4.69) is 15.5 Å². The van der Waals surface area contributed by atoms with Crippen LogP contribution in [0, 0.1) is 0 Å². The molecular formula is C10H18B3N5O3. The minimum absolute atomic E-state index is 0.0177. The van der Waals surface area contributed by atoms with E-state index in [1.165, 1.54) is 6.92 Å². The minimum atomic E-state index is -0.824. The SMILES string of the molecule is BBNC(C(C)=O)c1cn(C2CC(C(=O)O)N(B)C2)nn1. The average molecular weight is 289 g/mol. The third kappa shape index (κ3) is 3.35. The van der Waals surface area contributed by atoms with Crippen LogP contribution in [-0.2, 0) is 9.59 Å². The smallest absolute Gasteiger partial charge is 0.319 e.